The van der Waals surface area contributed by atoms with Gasteiger partial charge >= 0.3 is 0 Å². The van der Waals surface area contributed by atoms with E-state index < -0.39 is 5.82 Å². The minimum Gasteiger partial charge on any atom is -0.367 e. The zero-order valence-electron chi connectivity index (χ0n) is 19.8. The third-order valence-corrected chi connectivity index (χ3v) is 6.27. The molecule has 7 heteroatoms. The Labute approximate surface area is 196 Å². The number of carbonyl (C=O) groups is 2. The van der Waals surface area contributed by atoms with Crippen molar-refractivity contribution in [2.24, 2.45) is 0 Å². The number of halogens is 1. The summed E-state index contributed by atoms with van der Waals surface area (Å²) in [5.74, 6) is -0.660. The molecule has 0 bridgehead atoms. The second-order valence-corrected chi connectivity index (χ2v) is 8.38. The molecule has 2 aromatic rings. The average Bonchev–Trinajstić information content (AvgIpc) is 2.84. The van der Waals surface area contributed by atoms with E-state index in [1.165, 1.54) is 6.07 Å². The molecule has 3 rings (SSSR count). The molecule has 1 aliphatic rings. The molecular weight excluding hydrogens is 419 g/mol. The molecule has 0 spiro atoms. The average molecular weight is 455 g/mol. The van der Waals surface area contributed by atoms with E-state index in [2.05, 4.69) is 15.5 Å². The van der Waals surface area contributed by atoms with Gasteiger partial charge in [-0.25, -0.2) is 4.39 Å². The standard InChI is InChI=1S/C26H35FN4O2/c1-4-21(5-2)29-25(32)20-12-13-23(22(27)18-20)30-14-16-31(17-15-30)24(26(33)28-6-3)19-10-8-7-9-11-19/h7-13,18,21,24H,4-6,14-17H2,1-3H3,(H,28,33)(H,29,32). The van der Waals surface area contributed by atoms with E-state index in [-0.39, 0.29) is 23.9 Å². The first-order valence-electron chi connectivity index (χ1n) is 11.9. The Bertz CT molecular complexity index is 925. The molecule has 1 atom stereocenters. The minimum absolute atomic E-state index is 0.0174. The summed E-state index contributed by atoms with van der Waals surface area (Å²) < 4.78 is 14.9. The number of amides is 2. The van der Waals surface area contributed by atoms with Crippen LogP contribution in [0.5, 0.6) is 0 Å². The smallest absolute Gasteiger partial charge is 0.251 e. The van der Waals surface area contributed by atoms with Crippen molar-refractivity contribution >= 4 is 17.5 Å². The molecule has 0 aromatic heterocycles. The van der Waals surface area contributed by atoms with Crippen LogP contribution in [0, 0.1) is 5.82 Å². The number of nitrogens with one attached hydrogen (secondary N) is 2. The van der Waals surface area contributed by atoms with E-state index in [1.54, 1.807) is 12.1 Å². The van der Waals surface area contributed by atoms with E-state index in [1.807, 2.05) is 56.0 Å². The third kappa shape index (κ3) is 6.11. The highest BCUT2D eigenvalue weighted by Crippen LogP contribution is 2.26. The van der Waals surface area contributed by atoms with Gasteiger partial charge in [0.1, 0.15) is 11.9 Å². The first kappa shape index (κ1) is 24.7. The molecule has 1 heterocycles. The van der Waals surface area contributed by atoms with Gasteiger partial charge in [0.2, 0.25) is 5.91 Å². The van der Waals surface area contributed by atoms with Gasteiger partial charge in [0.25, 0.3) is 5.91 Å². The van der Waals surface area contributed by atoms with Crippen molar-refractivity contribution in [2.45, 2.75) is 45.7 Å². The summed E-state index contributed by atoms with van der Waals surface area (Å²) in [7, 11) is 0. The fourth-order valence-electron chi connectivity index (χ4n) is 4.32. The molecule has 0 radical (unpaired) electrons. The number of anilines is 1. The molecular formula is C26H35FN4O2. The zero-order chi connectivity index (χ0) is 23.8. The first-order valence-corrected chi connectivity index (χ1v) is 11.9. The van der Waals surface area contributed by atoms with E-state index in [0.717, 1.165) is 18.4 Å². The normalized spacial score (nSPS) is 15.4. The quantitative estimate of drug-likeness (QED) is 0.606. The van der Waals surface area contributed by atoms with Crippen molar-refractivity contribution in [3.05, 3.63) is 65.5 Å². The summed E-state index contributed by atoms with van der Waals surface area (Å²) >= 11 is 0. The minimum atomic E-state index is -0.399. The fourth-order valence-corrected chi connectivity index (χ4v) is 4.32. The van der Waals surface area contributed by atoms with Gasteiger partial charge in [-0.3, -0.25) is 14.5 Å². The molecule has 1 aliphatic heterocycles. The van der Waals surface area contributed by atoms with Gasteiger partial charge in [-0.1, -0.05) is 44.2 Å². The number of likely N-dealkylation sites (N-methyl/N-ethyl adjacent to an activating group) is 1. The van der Waals surface area contributed by atoms with Crippen LogP contribution in [0.1, 0.15) is 55.6 Å². The van der Waals surface area contributed by atoms with Crippen molar-refractivity contribution in [3.63, 3.8) is 0 Å². The predicted octanol–water partition coefficient (Wildman–Crippen LogP) is 3.74. The van der Waals surface area contributed by atoms with Crippen molar-refractivity contribution in [1.29, 1.82) is 0 Å². The second kappa shape index (κ2) is 11.8. The van der Waals surface area contributed by atoms with Gasteiger partial charge in [0.05, 0.1) is 5.69 Å². The van der Waals surface area contributed by atoms with E-state index in [0.29, 0.717) is 44.0 Å². The highest BCUT2D eigenvalue weighted by Gasteiger charge is 2.30. The first-order chi connectivity index (χ1) is 16.0. The van der Waals surface area contributed by atoms with Crippen LogP contribution in [-0.2, 0) is 4.79 Å². The lowest BCUT2D eigenvalue weighted by Crippen LogP contribution is -2.51. The molecule has 178 valence electrons. The Morgan fingerprint density at radius 1 is 0.970 bits per heavy atom. The van der Waals surface area contributed by atoms with Gasteiger partial charge in [-0.15, -0.1) is 0 Å². The van der Waals surface area contributed by atoms with E-state index in [4.69, 9.17) is 0 Å². The van der Waals surface area contributed by atoms with E-state index >= 15 is 0 Å². The Hall–Kier alpha value is -2.93. The molecule has 1 saturated heterocycles. The Kier molecular flexibility index (Phi) is 8.83. The Morgan fingerprint density at radius 2 is 1.64 bits per heavy atom. The van der Waals surface area contributed by atoms with Crippen molar-refractivity contribution < 1.29 is 14.0 Å². The maximum atomic E-state index is 14.9. The lowest BCUT2D eigenvalue weighted by Gasteiger charge is -2.39. The predicted molar refractivity (Wildman–Crippen MR) is 130 cm³/mol. The summed E-state index contributed by atoms with van der Waals surface area (Å²) in [6.45, 7) is 8.98. The molecule has 6 nitrogen and oxygen atoms in total. The molecule has 1 unspecified atom stereocenters. The fraction of sp³-hybridized carbons (Fsp3) is 0.462. The lowest BCUT2D eigenvalue weighted by atomic mass is 10.0. The number of hydrogen-bond acceptors (Lipinski definition) is 4. The second-order valence-electron chi connectivity index (χ2n) is 8.38. The topological polar surface area (TPSA) is 64.7 Å². The summed E-state index contributed by atoms with van der Waals surface area (Å²) in [5, 5.41) is 5.89. The number of piperazine rings is 1. The van der Waals surface area contributed by atoms with E-state index in [9.17, 15) is 14.0 Å². The molecule has 2 amide bonds. The largest absolute Gasteiger partial charge is 0.367 e. The number of benzene rings is 2. The zero-order valence-corrected chi connectivity index (χ0v) is 19.8. The van der Waals surface area contributed by atoms with Crippen molar-refractivity contribution in [1.82, 2.24) is 15.5 Å². The summed E-state index contributed by atoms with van der Waals surface area (Å²) in [4.78, 5) is 29.4. The van der Waals surface area contributed by atoms with Crippen molar-refractivity contribution in [2.75, 3.05) is 37.6 Å². The number of nitrogens with zero attached hydrogens (tertiary/aromatic N) is 2. The Morgan fingerprint density at radius 3 is 2.21 bits per heavy atom. The maximum Gasteiger partial charge on any atom is 0.251 e. The summed E-state index contributed by atoms with van der Waals surface area (Å²) in [6, 6.07) is 14.2. The highest BCUT2D eigenvalue weighted by atomic mass is 19.1. The maximum absolute atomic E-state index is 14.9. The third-order valence-electron chi connectivity index (χ3n) is 6.27. The summed E-state index contributed by atoms with van der Waals surface area (Å²) in [6.07, 6.45) is 1.68. The van der Waals surface area contributed by atoms with Gasteiger partial charge in [0.15, 0.2) is 0 Å². The van der Waals surface area contributed by atoms with Gasteiger partial charge < -0.3 is 15.5 Å². The molecule has 2 N–H and O–H groups in total. The molecule has 33 heavy (non-hydrogen) atoms. The van der Waals surface area contributed by atoms with Crippen LogP contribution in [0.4, 0.5) is 10.1 Å². The van der Waals surface area contributed by atoms with Crippen LogP contribution >= 0.6 is 0 Å². The van der Waals surface area contributed by atoms with Crippen LogP contribution < -0.4 is 15.5 Å². The molecule has 0 aliphatic carbocycles. The number of carbonyl (C=O) groups excluding carboxylic acids is 2. The molecule has 2 aromatic carbocycles. The SMILES string of the molecule is CCNC(=O)C(c1ccccc1)N1CCN(c2ccc(C(=O)NC(CC)CC)cc2F)CC1. The van der Waals surface area contributed by atoms with Crippen LogP contribution in [0.2, 0.25) is 0 Å². The Balaban J connectivity index is 1.68. The highest BCUT2D eigenvalue weighted by molar-refractivity contribution is 5.94. The van der Waals surface area contributed by atoms with Crippen LogP contribution in [-0.4, -0.2) is 55.5 Å². The van der Waals surface area contributed by atoms with Crippen molar-refractivity contribution in [3.8, 4) is 0 Å². The van der Waals surface area contributed by atoms with Crippen LogP contribution in [0.25, 0.3) is 0 Å². The number of hydrogen-bond donors (Lipinski definition) is 2. The molecule has 1 fully saturated rings. The van der Waals surface area contributed by atoms with Gasteiger partial charge in [-0.2, -0.15) is 0 Å². The van der Waals surface area contributed by atoms with Gasteiger partial charge in [0, 0.05) is 44.3 Å². The molecule has 0 saturated carbocycles. The lowest BCUT2D eigenvalue weighted by molar-refractivity contribution is -0.126. The summed E-state index contributed by atoms with van der Waals surface area (Å²) in [5.41, 5.74) is 1.78. The number of rotatable bonds is 9. The van der Waals surface area contributed by atoms with Crippen LogP contribution in [0.15, 0.2) is 48.5 Å². The monoisotopic (exact) mass is 454 g/mol. The van der Waals surface area contributed by atoms with Gasteiger partial charge in [-0.05, 0) is 43.5 Å². The van der Waals surface area contributed by atoms with Crippen LogP contribution in [0.3, 0.4) is 0 Å².